The number of halogens is 2. The van der Waals surface area contributed by atoms with E-state index < -0.39 is 0 Å². The quantitative estimate of drug-likeness (QED) is 0.628. The minimum absolute atomic E-state index is 0. The Morgan fingerprint density at radius 1 is 1.16 bits per heavy atom. The summed E-state index contributed by atoms with van der Waals surface area (Å²) in [7, 11) is 0. The normalized spacial score (nSPS) is 19.6. The lowest BCUT2D eigenvalue weighted by atomic mass is 9.84. The van der Waals surface area contributed by atoms with E-state index in [1.807, 2.05) is 0 Å². The number of nitrogens with one attached hydrogen (secondary N) is 2. The van der Waals surface area contributed by atoms with Crippen LogP contribution in [-0.4, -0.2) is 30.9 Å². The van der Waals surface area contributed by atoms with E-state index in [1.165, 1.54) is 6.42 Å². The van der Waals surface area contributed by atoms with Crippen LogP contribution in [0.2, 0.25) is 5.02 Å². The van der Waals surface area contributed by atoms with Gasteiger partial charge < -0.3 is 16.4 Å². The third-order valence-electron chi connectivity index (χ3n) is 4.53. The van der Waals surface area contributed by atoms with Crippen molar-refractivity contribution in [2.75, 3.05) is 13.1 Å². The lowest BCUT2D eigenvalue weighted by Gasteiger charge is -2.31. The first-order valence-corrected chi connectivity index (χ1v) is 9.01. The van der Waals surface area contributed by atoms with Crippen LogP contribution >= 0.6 is 24.0 Å². The first-order chi connectivity index (χ1) is 11.6. The predicted octanol–water partition coefficient (Wildman–Crippen LogP) is 2.91. The molecule has 1 aromatic rings. The first kappa shape index (κ1) is 21.7. The fourth-order valence-corrected chi connectivity index (χ4v) is 3.24. The molecule has 1 aliphatic rings. The van der Waals surface area contributed by atoms with Crippen LogP contribution in [0.3, 0.4) is 0 Å². The Balaban J connectivity index is 0.00000312. The van der Waals surface area contributed by atoms with Crippen LogP contribution in [0, 0.1) is 5.92 Å². The molecular weight excluding hydrogens is 361 g/mol. The molecule has 1 saturated carbocycles. The SMILES string of the molecule is Cl.NCC1CCCCC1NC(=O)CCCNC(=O)c1ccc(Cl)cc1. The molecule has 0 radical (unpaired) electrons. The maximum atomic E-state index is 12.0. The van der Waals surface area contributed by atoms with Crippen molar-refractivity contribution in [2.24, 2.45) is 11.7 Å². The van der Waals surface area contributed by atoms with Gasteiger partial charge in [-0.1, -0.05) is 24.4 Å². The molecule has 0 bridgehead atoms. The molecule has 7 heteroatoms. The van der Waals surface area contributed by atoms with E-state index in [1.54, 1.807) is 24.3 Å². The molecule has 1 aliphatic carbocycles. The average Bonchev–Trinajstić information content (AvgIpc) is 2.59. The fraction of sp³-hybridized carbons (Fsp3) is 0.556. The third kappa shape index (κ3) is 7.22. The van der Waals surface area contributed by atoms with Crippen molar-refractivity contribution in [1.29, 1.82) is 0 Å². The van der Waals surface area contributed by atoms with E-state index in [9.17, 15) is 9.59 Å². The summed E-state index contributed by atoms with van der Waals surface area (Å²) < 4.78 is 0. The topological polar surface area (TPSA) is 84.2 Å². The van der Waals surface area contributed by atoms with Crippen molar-refractivity contribution in [1.82, 2.24) is 10.6 Å². The van der Waals surface area contributed by atoms with E-state index >= 15 is 0 Å². The predicted molar refractivity (Wildman–Crippen MR) is 103 cm³/mol. The lowest BCUT2D eigenvalue weighted by molar-refractivity contribution is -0.122. The van der Waals surface area contributed by atoms with Gasteiger partial charge in [0.15, 0.2) is 0 Å². The Hall–Kier alpha value is -1.30. The summed E-state index contributed by atoms with van der Waals surface area (Å²) in [5.41, 5.74) is 6.35. The molecule has 0 saturated heterocycles. The van der Waals surface area contributed by atoms with Crippen molar-refractivity contribution in [2.45, 2.75) is 44.6 Å². The molecule has 1 aromatic carbocycles. The first-order valence-electron chi connectivity index (χ1n) is 8.63. The summed E-state index contributed by atoms with van der Waals surface area (Å²) in [5, 5.41) is 6.51. The molecule has 25 heavy (non-hydrogen) atoms. The molecule has 2 unspecified atom stereocenters. The highest BCUT2D eigenvalue weighted by Gasteiger charge is 2.24. The molecular formula is C18H27Cl2N3O2. The Labute approximate surface area is 160 Å². The van der Waals surface area contributed by atoms with E-state index in [0.29, 0.717) is 42.4 Å². The Morgan fingerprint density at radius 3 is 2.52 bits per heavy atom. The van der Waals surface area contributed by atoms with Gasteiger partial charge in [0.25, 0.3) is 5.91 Å². The zero-order valence-electron chi connectivity index (χ0n) is 14.3. The van der Waals surface area contributed by atoms with Crippen LogP contribution in [0.4, 0.5) is 0 Å². The molecule has 0 aliphatic heterocycles. The summed E-state index contributed by atoms with van der Waals surface area (Å²) in [5.74, 6) is 0.288. The Bertz CT molecular complexity index is 552. The van der Waals surface area contributed by atoms with Crippen molar-refractivity contribution in [3.8, 4) is 0 Å². The van der Waals surface area contributed by atoms with E-state index in [-0.39, 0.29) is 30.3 Å². The lowest BCUT2D eigenvalue weighted by Crippen LogP contribution is -2.44. The van der Waals surface area contributed by atoms with Gasteiger partial charge in [0.2, 0.25) is 5.91 Å². The van der Waals surface area contributed by atoms with Crippen LogP contribution < -0.4 is 16.4 Å². The van der Waals surface area contributed by atoms with Crippen LogP contribution in [0.15, 0.2) is 24.3 Å². The number of carbonyl (C=O) groups excluding carboxylic acids is 2. The van der Waals surface area contributed by atoms with Crippen LogP contribution in [-0.2, 0) is 4.79 Å². The van der Waals surface area contributed by atoms with Gasteiger partial charge in [-0.15, -0.1) is 12.4 Å². The number of carbonyl (C=O) groups is 2. The summed E-state index contributed by atoms with van der Waals surface area (Å²) in [6, 6.07) is 6.94. The largest absolute Gasteiger partial charge is 0.353 e. The van der Waals surface area contributed by atoms with Crippen molar-refractivity contribution >= 4 is 35.8 Å². The molecule has 2 atom stereocenters. The van der Waals surface area contributed by atoms with E-state index in [2.05, 4.69) is 10.6 Å². The number of amides is 2. The van der Waals surface area contributed by atoms with Gasteiger partial charge in [0.05, 0.1) is 0 Å². The second-order valence-electron chi connectivity index (χ2n) is 6.32. The van der Waals surface area contributed by atoms with Gasteiger partial charge in [-0.2, -0.15) is 0 Å². The van der Waals surface area contributed by atoms with Gasteiger partial charge in [0, 0.05) is 29.6 Å². The monoisotopic (exact) mass is 387 g/mol. The maximum absolute atomic E-state index is 12.0. The minimum atomic E-state index is -0.150. The average molecular weight is 388 g/mol. The summed E-state index contributed by atoms with van der Waals surface area (Å²) >= 11 is 5.79. The highest BCUT2D eigenvalue weighted by atomic mass is 35.5. The minimum Gasteiger partial charge on any atom is -0.353 e. The fourth-order valence-electron chi connectivity index (χ4n) is 3.11. The maximum Gasteiger partial charge on any atom is 0.251 e. The third-order valence-corrected chi connectivity index (χ3v) is 4.78. The molecule has 1 fully saturated rings. The van der Waals surface area contributed by atoms with Gasteiger partial charge in [-0.05, 0) is 56.0 Å². The second-order valence-corrected chi connectivity index (χ2v) is 6.76. The number of hydrogen-bond acceptors (Lipinski definition) is 3. The molecule has 0 spiro atoms. The molecule has 0 aromatic heterocycles. The standard InChI is InChI=1S/C18H26ClN3O2.ClH/c19-15-9-7-13(8-10-15)18(24)21-11-3-6-17(23)22-16-5-2-1-4-14(16)12-20;/h7-10,14,16H,1-6,11-12,20H2,(H,21,24)(H,22,23);1H. The van der Waals surface area contributed by atoms with E-state index in [4.69, 9.17) is 17.3 Å². The molecule has 0 heterocycles. The van der Waals surface area contributed by atoms with E-state index in [0.717, 1.165) is 19.3 Å². The zero-order valence-corrected chi connectivity index (χ0v) is 15.9. The number of hydrogen-bond donors (Lipinski definition) is 3. The second kappa shape index (κ2) is 11.3. The summed E-state index contributed by atoms with van der Waals surface area (Å²) in [6.45, 7) is 1.10. The molecule has 5 nitrogen and oxygen atoms in total. The van der Waals surface area contributed by atoms with Gasteiger partial charge in [-0.25, -0.2) is 0 Å². The number of benzene rings is 1. The smallest absolute Gasteiger partial charge is 0.251 e. The van der Waals surface area contributed by atoms with Crippen molar-refractivity contribution < 1.29 is 9.59 Å². The zero-order chi connectivity index (χ0) is 17.4. The van der Waals surface area contributed by atoms with Crippen molar-refractivity contribution in [3.63, 3.8) is 0 Å². The Morgan fingerprint density at radius 2 is 1.84 bits per heavy atom. The van der Waals surface area contributed by atoms with Crippen molar-refractivity contribution in [3.05, 3.63) is 34.9 Å². The number of rotatable bonds is 7. The number of nitrogens with two attached hydrogens (primary N) is 1. The highest BCUT2D eigenvalue weighted by molar-refractivity contribution is 6.30. The summed E-state index contributed by atoms with van der Waals surface area (Å²) in [6.07, 6.45) is 5.49. The Kier molecular flexibility index (Phi) is 9.86. The van der Waals surface area contributed by atoms with Crippen LogP contribution in [0.5, 0.6) is 0 Å². The summed E-state index contributed by atoms with van der Waals surface area (Å²) in [4.78, 5) is 24.0. The van der Waals surface area contributed by atoms with Crippen LogP contribution in [0.1, 0.15) is 48.9 Å². The molecule has 4 N–H and O–H groups in total. The van der Waals surface area contributed by atoms with Gasteiger partial charge >= 0.3 is 0 Å². The molecule has 140 valence electrons. The van der Waals surface area contributed by atoms with Crippen LogP contribution in [0.25, 0.3) is 0 Å². The van der Waals surface area contributed by atoms with Gasteiger partial charge in [-0.3, -0.25) is 9.59 Å². The molecule has 2 amide bonds. The van der Waals surface area contributed by atoms with Gasteiger partial charge in [0.1, 0.15) is 0 Å². The highest BCUT2D eigenvalue weighted by Crippen LogP contribution is 2.23. The molecule has 2 rings (SSSR count).